The number of ketones is 1. The zero-order valence-corrected chi connectivity index (χ0v) is 7.80. The molecule has 2 rings (SSSR count). The van der Waals surface area contributed by atoms with Crippen molar-refractivity contribution in [1.82, 2.24) is 0 Å². The molecule has 2 N–H and O–H groups in total. The quantitative estimate of drug-likeness (QED) is 0.664. The molecule has 0 radical (unpaired) electrons. The summed E-state index contributed by atoms with van der Waals surface area (Å²) in [5, 5.41) is 17.9. The number of Topliss-reactive ketones (excluding diaryl/α,β-unsaturated/α-hetero) is 1. The number of carbonyl (C=O) groups is 2. The molecule has 0 saturated carbocycles. The van der Waals surface area contributed by atoms with Gasteiger partial charge in [-0.05, 0) is 18.2 Å². The highest BCUT2D eigenvalue weighted by molar-refractivity contribution is 6.52. The van der Waals surface area contributed by atoms with Crippen LogP contribution in [0.4, 0.5) is 5.69 Å². The molecule has 0 unspecified atom stereocenters. The van der Waals surface area contributed by atoms with Crippen LogP contribution in [0, 0.1) is 0 Å². The number of rotatable bonds is 2. The number of benzene rings is 1. The van der Waals surface area contributed by atoms with Gasteiger partial charge in [-0.1, -0.05) is 0 Å². The van der Waals surface area contributed by atoms with Crippen LogP contribution in [-0.2, 0) is 4.79 Å². The van der Waals surface area contributed by atoms with E-state index in [4.69, 9.17) is 5.11 Å². The molecule has 0 saturated heterocycles. The normalized spacial score (nSPS) is 14.6. The van der Waals surface area contributed by atoms with Crippen molar-refractivity contribution in [2.45, 2.75) is 0 Å². The van der Waals surface area contributed by atoms with Crippen LogP contribution in [0.25, 0.3) is 0 Å². The van der Waals surface area contributed by atoms with Crippen molar-refractivity contribution >= 4 is 17.4 Å². The van der Waals surface area contributed by atoms with Gasteiger partial charge in [0.1, 0.15) is 5.75 Å². The Hall–Kier alpha value is -1.88. The molecule has 15 heavy (non-hydrogen) atoms. The Morgan fingerprint density at radius 1 is 1.27 bits per heavy atom. The molecule has 0 fully saturated rings. The predicted octanol–water partition coefficient (Wildman–Crippen LogP) is -0.0862. The highest BCUT2D eigenvalue weighted by atomic mass is 16.3. The van der Waals surface area contributed by atoms with Gasteiger partial charge in [0.15, 0.2) is 0 Å². The van der Waals surface area contributed by atoms with E-state index >= 15 is 0 Å². The van der Waals surface area contributed by atoms with Crippen molar-refractivity contribution in [3.05, 3.63) is 23.8 Å². The maximum absolute atomic E-state index is 11.5. The zero-order valence-electron chi connectivity index (χ0n) is 7.80. The standard InChI is InChI=1S/C10H9NO4/c12-4-3-11-8-2-1-6(13)5-7(8)9(14)10(11)15/h1-2,5,12-13H,3-4H2. The lowest BCUT2D eigenvalue weighted by atomic mass is 10.1. The number of nitrogens with zero attached hydrogens (tertiary/aromatic N) is 1. The number of phenolic OH excluding ortho intramolecular Hbond substituents is 1. The Morgan fingerprint density at radius 2 is 2.00 bits per heavy atom. The van der Waals surface area contributed by atoms with Crippen molar-refractivity contribution in [2.24, 2.45) is 0 Å². The van der Waals surface area contributed by atoms with Crippen LogP contribution in [0.15, 0.2) is 18.2 Å². The fraction of sp³-hybridized carbons (Fsp3) is 0.200. The number of amides is 1. The largest absolute Gasteiger partial charge is 0.508 e. The van der Waals surface area contributed by atoms with E-state index in [1.54, 1.807) is 0 Å². The van der Waals surface area contributed by atoms with E-state index < -0.39 is 11.7 Å². The number of fused-ring (bicyclic) bond motifs is 1. The molecule has 0 bridgehead atoms. The summed E-state index contributed by atoms with van der Waals surface area (Å²) < 4.78 is 0. The van der Waals surface area contributed by atoms with Gasteiger partial charge in [0.05, 0.1) is 17.9 Å². The average molecular weight is 207 g/mol. The Balaban J connectivity index is 2.50. The topological polar surface area (TPSA) is 77.8 Å². The first-order chi connectivity index (χ1) is 7.15. The summed E-state index contributed by atoms with van der Waals surface area (Å²) in [5.41, 5.74) is 0.630. The van der Waals surface area contributed by atoms with Crippen LogP contribution >= 0.6 is 0 Å². The van der Waals surface area contributed by atoms with Crippen LogP contribution in [-0.4, -0.2) is 35.1 Å². The van der Waals surface area contributed by atoms with Gasteiger partial charge in [0.25, 0.3) is 11.7 Å². The van der Waals surface area contributed by atoms with E-state index in [0.29, 0.717) is 5.69 Å². The molecule has 0 aliphatic carbocycles. The third-order valence-corrected chi connectivity index (χ3v) is 2.28. The lowest BCUT2D eigenvalue weighted by Gasteiger charge is -2.14. The van der Waals surface area contributed by atoms with E-state index in [0.717, 1.165) is 0 Å². The van der Waals surface area contributed by atoms with Crippen molar-refractivity contribution in [3.63, 3.8) is 0 Å². The maximum atomic E-state index is 11.5. The molecule has 0 atom stereocenters. The zero-order chi connectivity index (χ0) is 11.0. The van der Waals surface area contributed by atoms with E-state index in [-0.39, 0.29) is 24.5 Å². The Labute approximate surface area is 85.6 Å². The Morgan fingerprint density at radius 3 is 2.67 bits per heavy atom. The molecule has 0 spiro atoms. The molecule has 1 aliphatic heterocycles. The van der Waals surface area contributed by atoms with Gasteiger partial charge >= 0.3 is 0 Å². The number of phenols is 1. The predicted molar refractivity (Wildman–Crippen MR) is 51.9 cm³/mol. The maximum Gasteiger partial charge on any atom is 0.299 e. The molecule has 1 heterocycles. The lowest BCUT2D eigenvalue weighted by molar-refractivity contribution is -0.114. The third kappa shape index (κ3) is 1.37. The lowest BCUT2D eigenvalue weighted by Crippen LogP contribution is -2.32. The van der Waals surface area contributed by atoms with Crippen molar-refractivity contribution in [1.29, 1.82) is 0 Å². The van der Waals surface area contributed by atoms with E-state index in [2.05, 4.69) is 0 Å². The first-order valence-electron chi connectivity index (χ1n) is 4.45. The first-order valence-corrected chi connectivity index (χ1v) is 4.45. The molecule has 78 valence electrons. The number of hydrogen-bond acceptors (Lipinski definition) is 4. The molecule has 1 aromatic carbocycles. The van der Waals surface area contributed by atoms with Gasteiger partial charge in [-0.2, -0.15) is 0 Å². The van der Waals surface area contributed by atoms with Gasteiger partial charge in [-0.25, -0.2) is 0 Å². The summed E-state index contributed by atoms with van der Waals surface area (Å²) in [7, 11) is 0. The minimum absolute atomic E-state index is 0.0549. The summed E-state index contributed by atoms with van der Waals surface area (Å²) in [4.78, 5) is 24.1. The van der Waals surface area contributed by atoms with Crippen LogP contribution in [0.5, 0.6) is 5.75 Å². The van der Waals surface area contributed by atoms with Crippen LogP contribution < -0.4 is 4.90 Å². The number of aliphatic hydroxyl groups excluding tert-OH is 1. The van der Waals surface area contributed by atoms with Gasteiger partial charge in [-0.3, -0.25) is 9.59 Å². The summed E-state index contributed by atoms with van der Waals surface area (Å²) >= 11 is 0. The average Bonchev–Trinajstić information content (AvgIpc) is 2.44. The van der Waals surface area contributed by atoms with Gasteiger partial charge in [0.2, 0.25) is 0 Å². The SMILES string of the molecule is O=C1C(=O)N(CCO)c2ccc(O)cc21. The van der Waals surface area contributed by atoms with Gasteiger partial charge in [0, 0.05) is 6.54 Å². The minimum Gasteiger partial charge on any atom is -0.508 e. The molecular weight excluding hydrogens is 198 g/mol. The summed E-state index contributed by atoms with van der Waals surface area (Å²) in [5.74, 6) is -1.36. The molecule has 5 nitrogen and oxygen atoms in total. The van der Waals surface area contributed by atoms with E-state index in [1.165, 1.54) is 23.1 Å². The summed E-state index contributed by atoms with van der Waals surface area (Å²) in [6, 6.07) is 4.14. The third-order valence-electron chi connectivity index (χ3n) is 2.28. The van der Waals surface area contributed by atoms with Crippen molar-refractivity contribution in [3.8, 4) is 5.75 Å². The van der Waals surface area contributed by atoms with Crippen LogP contribution in [0.3, 0.4) is 0 Å². The second-order valence-corrected chi connectivity index (χ2v) is 3.21. The highest BCUT2D eigenvalue weighted by Gasteiger charge is 2.35. The highest BCUT2D eigenvalue weighted by Crippen LogP contribution is 2.31. The molecule has 1 aromatic rings. The van der Waals surface area contributed by atoms with Crippen LogP contribution in [0.2, 0.25) is 0 Å². The number of anilines is 1. The number of carbonyl (C=O) groups excluding carboxylic acids is 2. The minimum atomic E-state index is -0.662. The van der Waals surface area contributed by atoms with Gasteiger partial charge in [-0.15, -0.1) is 0 Å². The van der Waals surface area contributed by atoms with E-state index in [1.807, 2.05) is 0 Å². The first kappa shape index (κ1) is 9.67. The number of hydrogen-bond donors (Lipinski definition) is 2. The smallest absolute Gasteiger partial charge is 0.299 e. The fourth-order valence-corrected chi connectivity index (χ4v) is 1.61. The van der Waals surface area contributed by atoms with Crippen molar-refractivity contribution in [2.75, 3.05) is 18.1 Å². The van der Waals surface area contributed by atoms with E-state index in [9.17, 15) is 14.7 Å². The summed E-state index contributed by atoms with van der Waals surface area (Å²) in [6.07, 6.45) is 0. The second-order valence-electron chi connectivity index (χ2n) is 3.21. The van der Waals surface area contributed by atoms with Gasteiger partial charge < -0.3 is 15.1 Å². The van der Waals surface area contributed by atoms with Crippen LogP contribution in [0.1, 0.15) is 10.4 Å². The number of aliphatic hydroxyl groups is 1. The number of aromatic hydroxyl groups is 1. The molecule has 1 aliphatic rings. The van der Waals surface area contributed by atoms with Crippen molar-refractivity contribution < 1.29 is 19.8 Å². The Kier molecular flexibility index (Phi) is 2.17. The molecule has 5 heteroatoms. The molecular formula is C10H9NO4. The monoisotopic (exact) mass is 207 g/mol. The second kappa shape index (κ2) is 3.36. The number of β-amino-alcohol motifs (C(OH)–C–C–N with tert-alkyl or cyclic N) is 1. The molecule has 0 aromatic heterocycles. The molecule has 1 amide bonds. The summed E-state index contributed by atoms with van der Waals surface area (Å²) in [6.45, 7) is -0.123. The fourth-order valence-electron chi connectivity index (χ4n) is 1.61. The Bertz CT molecular complexity index is 441.